The third kappa shape index (κ3) is 2.49. The van der Waals surface area contributed by atoms with Gasteiger partial charge < -0.3 is 24.8 Å². The molecule has 0 aromatic heterocycles. The van der Waals surface area contributed by atoms with Gasteiger partial charge in [0.25, 0.3) is 0 Å². The second-order valence-electron chi connectivity index (χ2n) is 4.29. The Morgan fingerprint density at radius 3 is 2.33 bits per heavy atom. The van der Waals surface area contributed by atoms with Crippen LogP contribution in [0.15, 0.2) is 0 Å². The summed E-state index contributed by atoms with van der Waals surface area (Å²) in [5, 5.41) is 28.3. The highest BCUT2D eigenvalue weighted by atomic mass is 16.7. The van der Waals surface area contributed by atoms with Crippen molar-refractivity contribution in [2.24, 2.45) is 0 Å². The van der Waals surface area contributed by atoms with Gasteiger partial charge in [0.1, 0.15) is 18.3 Å². The molecule has 4 atom stereocenters. The maximum absolute atomic E-state index is 9.61. The van der Waals surface area contributed by atoms with Crippen LogP contribution in [0.4, 0.5) is 0 Å². The molecule has 0 amide bonds. The molecule has 88 valence electrons. The predicted molar refractivity (Wildman–Crippen MR) is 51.1 cm³/mol. The molecule has 1 saturated carbocycles. The van der Waals surface area contributed by atoms with Crippen LogP contribution in [-0.2, 0) is 9.47 Å². The molecule has 0 unspecified atom stereocenters. The first-order chi connectivity index (χ1) is 7.18. The van der Waals surface area contributed by atoms with Crippen molar-refractivity contribution in [3.63, 3.8) is 0 Å². The summed E-state index contributed by atoms with van der Waals surface area (Å²) in [5.74, 6) is 0. The molecule has 15 heavy (non-hydrogen) atoms. The van der Waals surface area contributed by atoms with E-state index in [1.807, 2.05) is 0 Å². The molecular formula is C10H18O5. The molecule has 0 spiro atoms. The number of aliphatic hydroxyl groups is 3. The molecule has 0 aromatic carbocycles. The second-order valence-corrected chi connectivity index (χ2v) is 4.29. The topological polar surface area (TPSA) is 79.2 Å². The van der Waals surface area contributed by atoms with E-state index in [0.29, 0.717) is 0 Å². The van der Waals surface area contributed by atoms with Crippen molar-refractivity contribution in [3.8, 4) is 0 Å². The van der Waals surface area contributed by atoms with Crippen LogP contribution >= 0.6 is 0 Å². The Morgan fingerprint density at radius 2 is 1.67 bits per heavy atom. The average molecular weight is 218 g/mol. The number of aliphatic hydroxyl groups excluding tert-OH is 3. The Labute approximate surface area is 88.6 Å². The maximum Gasteiger partial charge on any atom is 0.186 e. The van der Waals surface area contributed by atoms with E-state index < -0.39 is 24.6 Å². The second kappa shape index (κ2) is 4.76. The summed E-state index contributed by atoms with van der Waals surface area (Å²) in [7, 11) is 0. The minimum absolute atomic E-state index is 0.00954. The van der Waals surface area contributed by atoms with Crippen LogP contribution in [0, 0.1) is 0 Å². The fraction of sp³-hybridized carbons (Fsp3) is 1.00. The van der Waals surface area contributed by atoms with Crippen LogP contribution in [0.25, 0.3) is 0 Å². The normalized spacial score (nSPS) is 43.4. The lowest BCUT2D eigenvalue weighted by Crippen LogP contribution is -2.54. The van der Waals surface area contributed by atoms with E-state index in [0.717, 1.165) is 25.7 Å². The fourth-order valence-electron chi connectivity index (χ4n) is 2.11. The number of rotatable bonds is 2. The van der Waals surface area contributed by atoms with E-state index in [4.69, 9.17) is 9.47 Å². The Bertz CT molecular complexity index is 204. The number of hydrogen-bond donors (Lipinski definition) is 3. The Balaban J connectivity index is 1.86. The van der Waals surface area contributed by atoms with Gasteiger partial charge in [0.15, 0.2) is 6.29 Å². The largest absolute Gasteiger partial charge is 0.388 e. The molecule has 5 nitrogen and oxygen atoms in total. The zero-order valence-electron chi connectivity index (χ0n) is 8.58. The summed E-state index contributed by atoms with van der Waals surface area (Å²) >= 11 is 0. The molecule has 1 heterocycles. The number of ether oxygens (including phenoxy) is 2. The number of hydrogen-bond acceptors (Lipinski definition) is 5. The average Bonchev–Trinajstić information content (AvgIpc) is 2.72. The van der Waals surface area contributed by atoms with Crippen LogP contribution < -0.4 is 0 Å². The van der Waals surface area contributed by atoms with Crippen molar-refractivity contribution in [1.29, 1.82) is 0 Å². The molecule has 1 saturated heterocycles. The Morgan fingerprint density at radius 1 is 1.00 bits per heavy atom. The summed E-state index contributed by atoms with van der Waals surface area (Å²) in [5.41, 5.74) is 0. The lowest BCUT2D eigenvalue weighted by atomic mass is 10.1. The van der Waals surface area contributed by atoms with Gasteiger partial charge in [-0.1, -0.05) is 12.8 Å². The highest BCUT2D eigenvalue weighted by Crippen LogP contribution is 2.25. The van der Waals surface area contributed by atoms with Crippen LogP contribution in [0.1, 0.15) is 25.7 Å². The quantitative estimate of drug-likeness (QED) is 0.576. The third-order valence-electron chi connectivity index (χ3n) is 3.08. The summed E-state index contributed by atoms with van der Waals surface area (Å²) < 4.78 is 10.7. The van der Waals surface area contributed by atoms with E-state index in [1.165, 1.54) is 0 Å². The molecule has 3 N–H and O–H groups in total. The third-order valence-corrected chi connectivity index (χ3v) is 3.08. The van der Waals surface area contributed by atoms with Crippen molar-refractivity contribution >= 4 is 0 Å². The SMILES string of the molecule is O[C@@H]1[C@@H](O)[C@@H](OC2CCCC2)OC[C@H]1O. The van der Waals surface area contributed by atoms with Crippen LogP contribution in [0.2, 0.25) is 0 Å². The smallest absolute Gasteiger partial charge is 0.186 e. The molecule has 1 aliphatic carbocycles. The van der Waals surface area contributed by atoms with Gasteiger partial charge in [0, 0.05) is 0 Å². The zero-order chi connectivity index (χ0) is 10.8. The van der Waals surface area contributed by atoms with E-state index >= 15 is 0 Å². The molecule has 2 aliphatic rings. The van der Waals surface area contributed by atoms with Crippen molar-refractivity contribution in [2.75, 3.05) is 6.61 Å². The predicted octanol–water partition coefficient (Wildman–Crippen LogP) is -0.615. The van der Waals surface area contributed by atoms with Gasteiger partial charge in [-0.2, -0.15) is 0 Å². The van der Waals surface area contributed by atoms with Gasteiger partial charge in [-0.15, -0.1) is 0 Å². The van der Waals surface area contributed by atoms with Gasteiger partial charge >= 0.3 is 0 Å². The molecule has 2 fully saturated rings. The fourth-order valence-corrected chi connectivity index (χ4v) is 2.11. The maximum atomic E-state index is 9.61. The molecule has 2 rings (SSSR count). The van der Waals surface area contributed by atoms with Crippen molar-refractivity contribution in [3.05, 3.63) is 0 Å². The molecular weight excluding hydrogens is 200 g/mol. The summed E-state index contributed by atoms with van der Waals surface area (Å²) in [6, 6.07) is 0. The minimum Gasteiger partial charge on any atom is -0.388 e. The lowest BCUT2D eigenvalue weighted by molar-refractivity contribution is -0.281. The van der Waals surface area contributed by atoms with Crippen LogP contribution in [0.5, 0.6) is 0 Å². The minimum atomic E-state index is -1.18. The van der Waals surface area contributed by atoms with Crippen molar-refractivity contribution in [1.82, 2.24) is 0 Å². The van der Waals surface area contributed by atoms with E-state index in [1.54, 1.807) is 0 Å². The summed E-state index contributed by atoms with van der Waals surface area (Å²) in [4.78, 5) is 0. The summed E-state index contributed by atoms with van der Waals surface area (Å²) in [6.07, 6.45) is 0.190. The van der Waals surface area contributed by atoms with Gasteiger partial charge in [-0.25, -0.2) is 0 Å². The van der Waals surface area contributed by atoms with Gasteiger partial charge in [0.05, 0.1) is 12.7 Å². The first-order valence-electron chi connectivity index (χ1n) is 5.50. The lowest BCUT2D eigenvalue weighted by Gasteiger charge is -2.36. The van der Waals surface area contributed by atoms with Gasteiger partial charge in [-0.05, 0) is 12.8 Å². The first-order valence-corrected chi connectivity index (χ1v) is 5.50. The molecule has 0 aromatic rings. The van der Waals surface area contributed by atoms with Crippen LogP contribution in [0.3, 0.4) is 0 Å². The first kappa shape index (κ1) is 11.3. The molecule has 5 heteroatoms. The molecule has 0 bridgehead atoms. The van der Waals surface area contributed by atoms with E-state index in [-0.39, 0.29) is 12.7 Å². The molecule has 1 aliphatic heterocycles. The summed E-state index contributed by atoms with van der Waals surface area (Å²) in [6.45, 7) is 0.00954. The molecule has 0 radical (unpaired) electrons. The van der Waals surface area contributed by atoms with Crippen molar-refractivity contribution < 1.29 is 24.8 Å². The monoisotopic (exact) mass is 218 g/mol. The highest BCUT2D eigenvalue weighted by Gasteiger charge is 2.39. The van der Waals surface area contributed by atoms with Crippen molar-refractivity contribution in [2.45, 2.75) is 56.4 Å². The van der Waals surface area contributed by atoms with Gasteiger partial charge in [-0.3, -0.25) is 0 Å². The Kier molecular flexibility index (Phi) is 3.58. The Hall–Kier alpha value is -0.200. The standard InChI is InChI=1S/C10H18O5/c11-7-5-14-10(9(13)8(7)12)15-6-3-1-2-4-6/h6-13H,1-5H2/t7-,8+,9-,10-/m1/s1. The van der Waals surface area contributed by atoms with Crippen LogP contribution in [-0.4, -0.2) is 52.6 Å². The van der Waals surface area contributed by atoms with E-state index in [9.17, 15) is 15.3 Å². The zero-order valence-corrected chi connectivity index (χ0v) is 8.58. The van der Waals surface area contributed by atoms with E-state index in [2.05, 4.69) is 0 Å². The van der Waals surface area contributed by atoms with Gasteiger partial charge in [0.2, 0.25) is 0 Å². The highest BCUT2D eigenvalue weighted by molar-refractivity contribution is 4.83.